The molecule has 0 amide bonds. The highest BCUT2D eigenvalue weighted by Crippen LogP contribution is 2.59. The van der Waals surface area contributed by atoms with Gasteiger partial charge in [-0.05, 0) is 135 Å². The Labute approximate surface area is 338 Å². The van der Waals surface area contributed by atoms with Crippen molar-refractivity contribution in [3.05, 3.63) is 47.6 Å². The third-order valence-electron chi connectivity index (χ3n) is 15.8. The summed E-state index contributed by atoms with van der Waals surface area (Å²) in [5, 5.41) is 12.2. The number of rotatable bonds is 13. The molecule has 0 aromatic carbocycles. The van der Waals surface area contributed by atoms with Gasteiger partial charge in [-0.2, -0.15) is 0 Å². The van der Waals surface area contributed by atoms with E-state index in [1.807, 2.05) is 0 Å². The molecule has 312 valence electrons. The molecule has 1 N–H and O–H groups in total. The van der Waals surface area contributed by atoms with Crippen LogP contribution < -0.4 is 0 Å². The molecule has 0 aliphatic heterocycles. The number of hydrogen-bond acceptors (Lipinski definition) is 4. The zero-order valence-corrected chi connectivity index (χ0v) is 42.0. The molecule has 7 heteroatoms. The van der Waals surface area contributed by atoms with E-state index in [4.69, 9.17) is 13.3 Å². The standard InChI is InChI=1S/C47H88O4Si3/c1-20-47(21-2,51-54(18,19)45(10,11)12)32-23-22-25-35(3)38-29-30-39-37(26-24-31-46(38,39)13)28-27-36-33-40(49-52(14,15)43(4,5)6)42(48)41(34-36)50-53(16,17)44(7,8)9/h22-23,25,27-28,32,35,38-42,48H,20-21,24,26,29-31,33-34H2,1-19H3/t35-,38?,39?,40-,41-,42?,46?/m1/s1. The maximum atomic E-state index is 11.8. The highest BCUT2D eigenvalue weighted by molar-refractivity contribution is 6.75. The van der Waals surface area contributed by atoms with Crippen LogP contribution in [0.1, 0.15) is 148 Å². The minimum absolute atomic E-state index is 0.0781. The van der Waals surface area contributed by atoms with Gasteiger partial charge in [0.25, 0.3) is 0 Å². The summed E-state index contributed by atoms with van der Waals surface area (Å²) in [5.74, 6) is 1.85. The zero-order valence-electron chi connectivity index (χ0n) is 39.0. The fourth-order valence-corrected chi connectivity index (χ4v) is 13.2. The van der Waals surface area contributed by atoms with Crippen molar-refractivity contribution < 1.29 is 18.4 Å². The maximum absolute atomic E-state index is 11.8. The monoisotopic (exact) mass is 801 g/mol. The molecule has 6 atom stereocenters. The second-order valence-corrected chi connectivity index (χ2v) is 36.9. The highest BCUT2D eigenvalue weighted by atomic mass is 28.4. The summed E-state index contributed by atoms with van der Waals surface area (Å²) in [6, 6.07) is 0. The highest BCUT2D eigenvalue weighted by Gasteiger charge is 2.51. The Kier molecular flexibility index (Phi) is 15.4. The molecule has 0 bridgehead atoms. The van der Waals surface area contributed by atoms with E-state index in [2.05, 4.69) is 166 Å². The number of aliphatic hydroxyl groups excluding tert-OH is 1. The van der Waals surface area contributed by atoms with E-state index in [9.17, 15) is 5.11 Å². The summed E-state index contributed by atoms with van der Waals surface area (Å²) in [6.07, 6.45) is 23.2. The topological polar surface area (TPSA) is 47.9 Å². The smallest absolute Gasteiger partial charge is 0.193 e. The lowest BCUT2D eigenvalue weighted by molar-refractivity contribution is -0.0604. The van der Waals surface area contributed by atoms with Crippen molar-refractivity contribution in [3.63, 3.8) is 0 Å². The van der Waals surface area contributed by atoms with Gasteiger partial charge in [-0.3, -0.25) is 0 Å². The fourth-order valence-electron chi connectivity index (χ4n) is 8.85. The van der Waals surface area contributed by atoms with E-state index >= 15 is 0 Å². The lowest BCUT2D eigenvalue weighted by Crippen LogP contribution is -2.55. The Morgan fingerprint density at radius 2 is 1.26 bits per heavy atom. The average molecular weight is 801 g/mol. The van der Waals surface area contributed by atoms with Crippen molar-refractivity contribution in [2.45, 2.75) is 226 Å². The molecule has 0 aromatic heterocycles. The van der Waals surface area contributed by atoms with Gasteiger partial charge in [0.2, 0.25) is 0 Å². The van der Waals surface area contributed by atoms with Crippen molar-refractivity contribution in [3.8, 4) is 0 Å². The molecule has 0 aromatic rings. The van der Waals surface area contributed by atoms with Crippen LogP contribution in [0.25, 0.3) is 0 Å². The summed E-state index contributed by atoms with van der Waals surface area (Å²) >= 11 is 0. The van der Waals surface area contributed by atoms with Gasteiger partial charge in [-0.1, -0.05) is 138 Å². The fraction of sp³-hybridized carbons (Fsp3) is 0.830. The SMILES string of the molecule is CCC(C=CC=C[C@@H](C)C1CCC2C(=CC=C3C[C@@H](O[Si](C)(C)C(C)(C)C)C(O)[C@H](O[Si](C)(C)C(C)(C)C)C3)CCCC21C)(CC)O[Si](C)(C)C(C)(C)C. The molecule has 3 unspecified atom stereocenters. The zero-order chi connectivity index (χ0) is 41.3. The Morgan fingerprint density at radius 1 is 0.759 bits per heavy atom. The Morgan fingerprint density at radius 3 is 1.72 bits per heavy atom. The van der Waals surface area contributed by atoms with Gasteiger partial charge in [0, 0.05) is 0 Å². The van der Waals surface area contributed by atoms with Crippen LogP contribution in [0.3, 0.4) is 0 Å². The van der Waals surface area contributed by atoms with E-state index in [1.165, 1.54) is 37.7 Å². The van der Waals surface area contributed by atoms with Gasteiger partial charge in [-0.15, -0.1) is 0 Å². The molecule has 3 aliphatic carbocycles. The number of aliphatic hydroxyl groups is 1. The largest absolute Gasteiger partial charge is 0.411 e. The summed E-state index contributed by atoms with van der Waals surface area (Å²) in [7, 11) is -6.08. The molecule has 4 nitrogen and oxygen atoms in total. The van der Waals surface area contributed by atoms with E-state index < -0.39 is 31.1 Å². The molecule has 3 aliphatic rings. The quantitative estimate of drug-likeness (QED) is 0.149. The predicted molar refractivity (Wildman–Crippen MR) is 243 cm³/mol. The lowest BCUT2D eigenvalue weighted by atomic mass is 9.61. The lowest BCUT2D eigenvalue weighted by Gasteiger charge is -2.47. The van der Waals surface area contributed by atoms with Crippen LogP contribution in [0.15, 0.2) is 47.6 Å². The van der Waals surface area contributed by atoms with E-state index in [0.717, 1.165) is 25.7 Å². The molecule has 3 fully saturated rings. The second kappa shape index (κ2) is 17.4. The average Bonchev–Trinajstić information content (AvgIpc) is 3.39. The first-order chi connectivity index (χ1) is 24.5. The molecular formula is C47H88O4Si3. The van der Waals surface area contributed by atoms with Gasteiger partial charge in [0.15, 0.2) is 25.0 Å². The Balaban J connectivity index is 1.84. The number of fused-ring (bicyclic) bond motifs is 1. The van der Waals surface area contributed by atoms with Gasteiger partial charge in [0.1, 0.15) is 6.10 Å². The minimum Gasteiger partial charge on any atom is -0.411 e. The summed E-state index contributed by atoms with van der Waals surface area (Å²) < 4.78 is 21.0. The van der Waals surface area contributed by atoms with Gasteiger partial charge >= 0.3 is 0 Å². The first kappa shape index (κ1) is 47.8. The van der Waals surface area contributed by atoms with Gasteiger partial charge in [-0.25, -0.2) is 0 Å². The van der Waals surface area contributed by atoms with E-state index in [-0.39, 0.29) is 32.9 Å². The summed E-state index contributed by atoms with van der Waals surface area (Å²) in [5.41, 5.74) is 3.15. The molecule has 0 spiro atoms. The van der Waals surface area contributed by atoms with Crippen LogP contribution in [0.2, 0.25) is 54.4 Å². The number of allylic oxidation sites excluding steroid dienone is 6. The molecule has 0 radical (unpaired) electrons. The van der Waals surface area contributed by atoms with Crippen LogP contribution in [0, 0.1) is 23.2 Å². The Bertz CT molecular complexity index is 1320. The third-order valence-corrected chi connectivity index (χ3v) is 29.3. The van der Waals surface area contributed by atoms with Crippen LogP contribution in [-0.4, -0.2) is 54.0 Å². The minimum atomic E-state index is -2.09. The predicted octanol–water partition coefficient (Wildman–Crippen LogP) is 14.3. The van der Waals surface area contributed by atoms with Crippen LogP contribution in [0.5, 0.6) is 0 Å². The molecule has 0 heterocycles. The van der Waals surface area contributed by atoms with Crippen molar-refractivity contribution in [1.82, 2.24) is 0 Å². The second-order valence-electron chi connectivity index (χ2n) is 22.6. The Hall–Kier alpha value is -0.549. The third kappa shape index (κ3) is 10.9. The molecular weight excluding hydrogens is 713 g/mol. The molecule has 0 saturated heterocycles. The molecule has 3 rings (SSSR count). The first-order valence-corrected chi connectivity index (χ1v) is 30.7. The van der Waals surface area contributed by atoms with Crippen molar-refractivity contribution >= 4 is 25.0 Å². The van der Waals surface area contributed by atoms with Crippen LogP contribution in [0.4, 0.5) is 0 Å². The van der Waals surface area contributed by atoms with Crippen molar-refractivity contribution in [2.24, 2.45) is 23.2 Å². The molecule has 3 saturated carbocycles. The summed E-state index contributed by atoms with van der Waals surface area (Å²) in [6.45, 7) is 44.3. The maximum Gasteiger partial charge on any atom is 0.193 e. The van der Waals surface area contributed by atoms with Crippen LogP contribution in [-0.2, 0) is 13.3 Å². The van der Waals surface area contributed by atoms with Crippen molar-refractivity contribution in [1.29, 1.82) is 0 Å². The van der Waals surface area contributed by atoms with Gasteiger partial charge < -0.3 is 18.4 Å². The normalized spacial score (nSPS) is 29.7. The molecule has 54 heavy (non-hydrogen) atoms. The van der Waals surface area contributed by atoms with Gasteiger partial charge in [0.05, 0.1) is 17.8 Å². The number of hydrogen-bond donors (Lipinski definition) is 1. The van der Waals surface area contributed by atoms with Crippen LogP contribution >= 0.6 is 0 Å². The van der Waals surface area contributed by atoms with Crippen molar-refractivity contribution in [2.75, 3.05) is 0 Å². The van der Waals surface area contributed by atoms with E-state index in [1.54, 1.807) is 5.57 Å². The van der Waals surface area contributed by atoms with E-state index in [0.29, 0.717) is 23.2 Å². The summed E-state index contributed by atoms with van der Waals surface area (Å²) in [4.78, 5) is 0. The first-order valence-electron chi connectivity index (χ1n) is 21.9.